The van der Waals surface area contributed by atoms with Crippen molar-refractivity contribution in [2.45, 2.75) is 58.0 Å². The van der Waals surface area contributed by atoms with Crippen molar-refractivity contribution in [3.05, 3.63) is 77.7 Å². The fourth-order valence-corrected chi connectivity index (χ4v) is 4.52. The van der Waals surface area contributed by atoms with Gasteiger partial charge in [0.2, 0.25) is 5.91 Å². The number of aliphatic hydroxyl groups is 1. The highest BCUT2D eigenvalue weighted by Gasteiger charge is 2.37. The summed E-state index contributed by atoms with van der Waals surface area (Å²) in [5, 5.41) is 30.4. The molecule has 4 rings (SSSR count). The quantitative estimate of drug-likeness (QED) is 0.265. The molecule has 2 unspecified atom stereocenters. The molecule has 0 radical (unpaired) electrons. The highest BCUT2D eigenvalue weighted by Crippen LogP contribution is 2.33. The van der Waals surface area contributed by atoms with Gasteiger partial charge in [0.1, 0.15) is 23.3 Å². The first-order chi connectivity index (χ1) is 17.9. The van der Waals surface area contributed by atoms with Crippen LogP contribution in [0.1, 0.15) is 56.3 Å². The Morgan fingerprint density at radius 3 is 2.53 bits per heavy atom. The molecule has 38 heavy (non-hydrogen) atoms. The third kappa shape index (κ3) is 6.48. The Balaban J connectivity index is 1.39. The van der Waals surface area contributed by atoms with Gasteiger partial charge in [0, 0.05) is 37.1 Å². The van der Waals surface area contributed by atoms with Crippen molar-refractivity contribution in [3.8, 4) is 11.5 Å². The maximum Gasteiger partial charge on any atom is 0.230 e. The SMILES string of the molecule is CC(C)(C)Oc1ccc(O)c(C(=O)C2=CCC(C)(C(=O)N[C@@H]3CNC[C@H]3NC(O)c3ccncc3)C=C2)c1. The number of hydrogen-bond acceptors (Lipinski definition) is 8. The van der Waals surface area contributed by atoms with Gasteiger partial charge >= 0.3 is 0 Å². The molecule has 1 aromatic carbocycles. The number of Topliss-reactive ketones (excluding diaryl/α,β-unsaturated/α-hetero) is 1. The topological polar surface area (TPSA) is 133 Å². The van der Waals surface area contributed by atoms with Gasteiger partial charge in [0.25, 0.3) is 0 Å². The number of phenolic OH excluding ortho intramolecular Hbond substituents is 1. The number of aliphatic hydroxyl groups excluding tert-OH is 1. The van der Waals surface area contributed by atoms with Crippen LogP contribution < -0.4 is 20.7 Å². The largest absolute Gasteiger partial charge is 0.507 e. The Labute approximate surface area is 223 Å². The average Bonchev–Trinajstić information content (AvgIpc) is 3.31. The van der Waals surface area contributed by atoms with Gasteiger partial charge in [0.05, 0.1) is 17.0 Å². The summed E-state index contributed by atoms with van der Waals surface area (Å²) < 4.78 is 5.84. The minimum atomic E-state index is -0.882. The van der Waals surface area contributed by atoms with E-state index in [1.807, 2.05) is 27.7 Å². The zero-order valence-corrected chi connectivity index (χ0v) is 22.2. The third-order valence-electron chi connectivity index (χ3n) is 6.72. The van der Waals surface area contributed by atoms with Crippen LogP contribution in [-0.2, 0) is 4.79 Å². The molecule has 2 aliphatic rings. The van der Waals surface area contributed by atoms with Gasteiger partial charge in [-0.1, -0.05) is 18.2 Å². The van der Waals surface area contributed by atoms with Gasteiger partial charge in [-0.15, -0.1) is 0 Å². The molecule has 1 saturated heterocycles. The molecular weight excluding hydrogens is 484 g/mol. The molecule has 2 aromatic rings. The van der Waals surface area contributed by atoms with Gasteiger partial charge in [0.15, 0.2) is 5.78 Å². The summed E-state index contributed by atoms with van der Waals surface area (Å²) >= 11 is 0. The van der Waals surface area contributed by atoms with Crippen LogP contribution in [0.3, 0.4) is 0 Å². The van der Waals surface area contributed by atoms with Gasteiger partial charge in [-0.3, -0.25) is 19.9 Å². The molecule has 4 atom stereocenters. The van der Waals surface area contributed by atoms with Crippen molar-refractivity contribution >= 4 is 11.7 Å². The molecule has 1 aliphatic carbocycles. The third-order valence-corrected chi connectivity index (χ3v) is 6.72. The number of pyridine rings is 1. The lowest BCUT2D eigenvalue weighted by atomic mass is 9.79. The summed E-state index contributed by atoms with van der Waals surface area (Å²) in [5.41, 5.74) is -0.0462. The number of rotatable bonds is 8. The Morgan fingerprint density at radius 1 is 1.16 bits per heavy atom. The molecule has 9 nitrogen and oxygen atoms in total. The van der Waals surface area contributed by atoms with Crippen molar-refractivity contribution < 1.29 is 24.5 Å². The van der Waals surface area contributed by atoms with E-state index >= 15 is 0 Å². The number of phenols is 1. The van der Waals surface area contributed by atoms with Crippen molar-refractivity contribution in [2.75, 3.05) is 13.1 Å². The number of allylic oxidation sites excluding steroid dienone is 3. The molecule has 0 spiro atoms. The molecule has 1 fully saturated rings. The number of amides is 1. The highest BCUT2D eigenvalue weighted by molar-refractivity contribution is 6.12. The molecular formula is C29H36N4O5. The Hall–Kier alpha value is -3.53. The van der Waals surface area contributed by atoms with Crippen molar-refractivity contribution in [2.24, 2.45) is 5.41 Å². The van der Waals surface area contributed by atoms with Crippen LogP contribution in [0.15, 0.2) is 66.5 Å². The predicted molar refractivity (Wildman–Crippen MR) is 144 cm³/mol. The zero-order valence-electron chi connectivity index (χ0n) is 22.2. The summed E-state index contributed by atoms with van der Waals surface area (Å²) in [7, 11) is 0. The second-order valence-electron chi connectivity index (χ2n) is 11.0. The first-order valence-electron chi connectivity index (χ1n) is 12.8. The van der Waals surface area contributed by atoms with Gasteiger partial charge in [-0.05, 0) is 70.0 Å². The first kappa shape index (κ1) is 27.5. The summed E-state index contributed by atoms with van der Waals surface area (Å²) in [6.07, 6.45) is 7.78. The van der Waals surface area contributed by atoms with Crippen LogP contribution in [0, 0.1) is 5.41 Å². The number of carbonyl (C=O) groups excluding carboxylic acids is 2. The van der Waals surface area contributed by atoms with Gasteiger partial charge in [-0.25, -0.2) is 0 Å². The number of benzene rings is 1. The molecule has 1 aromatic heterocycles. The van der Waals surface area contributed by atoms with E-state index in [1.165, 1.54) is 6.07 Å². The number of hydrogen-bond donors (Lipinski definition) is 5. The molecule has 1 aliphatic heterocycles. The number of nitrogens with one attached hydrogen (secondary N) is 3. The highest BCUT2D eigenvalue weighted by atomic mass is 16.5. The van der Waals surface area contributed by atoms with Crippen LogP contribution >= 0.6 is 0 Å². The van der Waals surface area contributed by atoms with Crippen LogP contribution in [0.5, 0.6) is 11.5 Å². The smallest absolute Gasteiger partial charge is 0.230 e. The zero-order chi connectivity index (χ0) is 27.5. The number of ketones is 1. The molecule has 0 saturated carbocycles. The second-order valence-corrected chi connectivity index (χ2v) is 11.0. The molecule has 5 N–H and O–H groups in total. The molecule has 2 heterocycles. The van der Waals surface area contributed by atoms with Crippen molar-refractivity contribution in [1.29, 1.82) is 0 Å². The summed E-state index contributed by atoms with van der Waals surface area (Å²) in [5.74, 6) is -0.141. The summed E-state index contributed by atoms with van der Waals surface area (Å²) in [4.78, 5) is 30.4. The monoisotopic (exact) mass is 520 g/mol. The molecule has 0 bridgehead atoms. The minimum absolute atomic E-state index is 0.127. The van der Waals surface area contributed by atoms with E-state index < -0.39 is 17.2 Å². The summed E-state index contributed by atoms with van der Waals surface area (Å²) in [6.45, 7) is 8.70. The minimum Gasteiger partial charge on any atom is -0.507 e. The van der Waals surface area contributed by atoms with E-state index in [4.69, 9.17) is 4.74 Å². The second kappa shape index (κ2) is 11.1. The molecule has 1 amide bonds. The van der Waals surface area contributed by atoms with E-state index in [0.717, 1.165) is 0 Å². The van der Waals surface area contributed by atoms with Gasteiger partial charge < -0.3 is 25.6 Å². The predicted octanol–water partition coefficient (Wildman–Crippen LogP) is 2.78. The normalized spacial score (nSPS) is 24.0. The average molecular weight is 521 g/mol. The van der Waals surface area contributed by atoms with Crippen LogP contribution in [0.4, 0.5) is 0 Å². The van der Waals surface area contributed by atoms with Crippen molar-refractivity contribution in [3.63, 3.8) is 0 Å². The standard InChI is InChI=1S/C29H36N4O5/c1-28(2,3)38-20-5-6-24(34)21(15-20)25(35)18-7-11-29(4,12-8-18)27(37)33-23-17-31-16-22(23)32-26(36)19-9-13-30-14-10-19/h5-11,13-15,22-23,26,31-32,34,36H,12,16-17H2,1-4H3,(H,33,37)/t22-,23-,26?,29?/m1/s1. The number of carbonyl (C=O) groups is 2. The number of ether oxygens (including phenoxy) is 1. The van der Waals surface area contributed by atoms with Crippen molar-refractivity contribution in [1.82, 2.24) is 20.9 Å². The van der Waals surface area contributed by atoms with E-state index in [0.29, 0.717) is 36.4 Å². The fraction of sp³-hybridized carbons (Fsp3) is 0.414. The number of aromatic hydroxyl groups is 1. The number of aromatic nitrogens is 1. The van der Waals surface area contributed by atoms with E-state index in [1.54, 1.807) is 54.9 Å². The van der Waals surface area contributed by atoms with Crippen LogP contribution in [0.2, 0.25) is 0 Å². The lowest BCUT2D eigenvalue weighted by Gasteiger charge is -2.31. The molecule has 202 valence electrons. The van der Waals surface area contributed by atoms with Gasteiger partial charge in [-0.2, -0.15) is 0 Å². The molecule has 9 heteroatoms. The first-order valence-corrected chi connectivity index (χ1v) is 12.8. The summed E-state index contributed by atoms with van der Waals surface area (Å²) in [6, 6.07) is 7.69. The van der Waals surface area contributed by atoms with E-state index in [2.05, 4.69) is 20.9 Å². The number of nitrogens with zero attached hydrogens (tertiary/aromatic N) is 1. The van der Waals surface area contributed by atoms with Crippen LogP contribution in [-0.4, -0.2) is 57.7 Å². The Bertz CT molecular complexity index is 1240. The Morgan fingerprint density at radius 2 is 1.87 bits per heavy atom. The lowest BCUT2D eigenvalue weighted by molar-refractivity contribution is -0.128. The maximum absolute atomic E-state index is 13.3. The van der Waals surface area contributed by atoms with E-state index in [9.17, 15) is 19.8 Å². The lowest BCUT2D eigenvalue weighted by Crippen LogP contribution is -2.53. The Kier molecular flexibility index (Phi) is 8.01. The maximum atomic E-state index is 13.3. The fourth-order valence-electron chi connectivity index (χ4n) is 4.52. The van der Waals surface area contributed by atoms with E-state index in [-0.39, 0.29) is 35.1 Å². The van der Waals surface area contributed by atoms with Crippen LogP contribution in [0.25, 0.3) is 0 Å².